The zero-order valence-electron chi connectivity index (χ0n) is 23.3. The van der Waals surface area contributed by atoms with Gasteiger partial charge in [-0.1, -0.05) is 81.4 Å². The van der Waals surface area contributed by atoms with Gasteiger partial charge in [0.05, 0.1) is 73.2 Å². The molecule has 0 aliphatic carbocycles. The Labute approximate surface area is 228 Å². The van der Waals surface area contributed by atoms with Crippen molar-refractivity contribution in [1.82, 2.24) is 0 Å². The van der Waals surface area contributed by atoms with E-state index in [-0.39, 0.29) is 11.6 Å². The highest BCUT2D eigenvalue weighted by Crippen LogP contribution is 2.36. The molecule has 0 radical (unpaired) electrons. The van der Waals surface area contributed by atoms with Crippen molar-refractivity contribution in [3.8, 4) is 0 Å². The summed E-state index contributed by atoms with van der Waals surface area (Å²) in [5.41, 5.74) is 0. The van der Waals surface area contributed by atoms with Crippen molar-refractivity contribution in [2.45, 2.75) is 25.8 Å². The van der Waals surface area contributed by atoms with Gasteiger partial charge in [0.25, 0.3) is 8.32 Å². The first kappa shape index (κ1) is 32.1. The quantitative estimate of drug-likeness (QED) is 0.142. The molecular weight excluding hydrogens is 504 g/mol. The van der Waals surface area contributed by atoms with Gasteiger partial charge >= 0.3 is 5.97 Å². The molecule has 0 fully saturated rings. The van der Waals surface area contributed by atoms with E-state index in [9.17, 15) is 4.79 Å². The van der Waals surface area contributed by atoms with E-state index in [1.54, 1.807) is 0 Å². The standard InChI is InChI=1S/C29H44O8Si/c1-29(2,3)38(26-11-7-5-8-12-26,27-13-9-6-10-14-27)37-24-23-35-20-19-33-16-15-32-17-18-34-21-22-36-25-28(30)31-4/h5-14H,15-25H2,1-4H3. The Bertz CT molecular complexity index is 834. The molecule has 0 atom stereocenters. The first-order valence-electron chi connectivity index (χ1n) is 13.1. The lowest BCUT2D eigenvalue weighted by atomic mass is 10.2. The second-order valence-electron chi connectivity index (χ2n) is 9.59. The zero-order valence-corrected chi connectivity index (χ0v) is 24.3. The molecule has 9 heteroatoms. The highest BCUT2D eigenvalue weighted by molar-refractivity contribution is 6.99. The molecule has 8 nitrogen and oxygen atoms in total. The summed E-state index contributed by atoms with van der Waals surface area (Å²) in [5, 5.41) is 2.47. The maximum Gasteiger partial charge on any atom is 0.331 e. The predicted molar refractivity (Wildman–Crippen MR) is 150 cm³/mol. The average Bonchev–Trinajstić information content (AvgIpc) is 2.92. The van der Waals surface area contributed by atoms with Gasteiger partial charge in [-0.3, -0.25) is 0 Å². The van der Waals surface area contributed by atoms with Crippen molar-refractivity contribution in [1.29, 1.82) is 0 Å². The fourth-order valence-electron chi connectivity index (χ4n) is 4.11. The summed E-state index contributed by atoms with van der Waals surface area (Å²) in [5.74, 6) is -0.401. The largest absolute Gasteiger partial charge is 0.467 e. The SMILES string of the molecule is COC(=O)COCCOCCOCCOCCOCCO[Si](c1ccccc1)(c1ccccc1)C(C)(C)C. The van der Waals surface area contributed by atoms with Crippen LogP contribution >= 0.6 is 0 Å². The molecule has 38 heavy (non-hydrogen) atoms. The number of methoxy groups -OCH3 is 1. The van der Waals surface area contributed by atoms with Crippen LogP contribution in [0.4, 0.5) is 0 Å². The van der Waals surface area contributed by atoms with Crippen LogP contribution in [0.2, 0.25) is 5.04 Å². The molecule has 0 saturated heterocycles. The first-order valence-corrected chi connectivity index (χ1v) is 15.0. The number of carbonyl (C=O) groups excluding carboxylic acids is 1. The third-order valence-electron chi connectivity index (χ3n) is 5.90. The summed E-state index contributed by atoms with van der Waals surface area (Å²) in [6.45, 7) is 11.4. The van der Waals surface area contributed by atoms with Crippen LogP contribution in [0.15, 0.2) is 60.7 Å². The highest BCUT2D eigenvalue weighted by Gasteiger charge is 2.49. The summed E-state index contributed by atoms with van der Waals surface area (Å²) in [7, 11) is -1.20. The summed E-state index contributed by atoms with van der Waals surface area (Å²) >= 11 is 0. The summed E-state index contributed by atoms with van der Waals surface area (Å²) in [6, 6.07) is 21.2. The van der Waals surface area contributed by atoms with Crippen LogP contribution in [0, 0.1) is 0 Å². The number of rotatable bonds is 20. The molecule has 0 heterocycles. The van der Waals surface area contributed by atoms with E-state index >= 15 is 0 Å². The molecular formula is C29H44O8Si. The van der Waals surface area contributed by atoms with E-state index in [4.69, 9.17) is 28.1 Å². The molecule has 0 spiro atoms. The van der Waals surface area contributed by atoms with Gasteiger partial charge < -0.3 is 32.8 Å². The molecule has 0 unspecified atom stereocenters. The minimum Gasteiger partial charge on any atom is -0.467 e. The van der Waals surface area contributed by atoms with E-state index in [1.165, 1.54) is 17.5 Å². The van der Waals surface area contributed by atoms with Gasteiger partial charge in [0.15, 0.2) is 0 Å². The Balaban J connectivity index is 1.60. The number of carbonyl (C=O) groups is 1. The van der Waals surface area contributed by atoms with E-state index in [0.717, 1.165) is 0 Å². The van der Waals surface area contributed by atoms with Gasteiger partial charge in [-0.05, 0) is 15.4 Å². The fourth-order valence-corrected chi connectivity index (χ4v) is 8.65. The summed E-state index contributed by atoms with van der Waals surface area (Å²) in [4.78, 5) is 10.9. The molecule has 0 saturated carbocycles. The van der Waals surface area contributed by atoms with Crippen molar-refractivity contribution in [2.75, 3.05) is 79.8 Å². The van der Waals surface area contributed by atoms with Crippen molar-refractivity contribution >= 4 is 24.7 Å². The maximum atomic E-state index is 10.9. The molecule has 0 aromatic heterocycles. The van der Waals surface area contributed by atoms with E-state index in [2.05, 4.69) is 74.0 Å². The Kier molecular flexibility index (Phi) is 15.4. The number of ether oxygens (including phenoxy) is 6. The molecule has 0 amide bonds. The van der Waals surface area contributed by atoms with E-state index in [1.807, 2.05) is 12.1 Å². The van der Waals surface area contributed by atoms with Crippen molar-refractivity contribution < 1.29 is 37.6 Å². The van der Waals surface area contributed by atoms with Crippen molar-refractivity contribution in [3.63, 3.8) is 0 Å². The third kappa shape index (κ3) is 10.9. The smallest absolute Gasteiger partial charge is 0.331 e. The molecule has 2 aromatic rings. The third-order valence-corrected chi connectivity index (χ3v) is 10.9. The number of hydrogen-bond acceptors (Lipinski definition) is 8. The lowest BCUT2D eigenvalue weighted by molar-refractivity contribution is -0.146. The van der Waals surface area contributed by atoms with Crippen molar-refractivity contribution in [3.05, 3.63) is 60.7 Å². The van der Waals surface area contributed by atoms with Gasteiger partial charge in [0.2, 0.25) is 0 Å². The Morgan fingerprint density at radius 1 is 0.605 bits per heavy atom. The minimum atomic E-state index is -2.53. The normalized spacial score (nSPS) is 12.0. The second-order valence-corrected chi connectivity index (χ2v) is 13.9. The van der Waals surface area contributed by atoms with Crippen LogP contribution in [0.3, 0.4) is 0 Å². The van der Waals surface area contributed by atoms with Gasteiger partial charge in [-0.15, -0.1) is 0 Å². The lowest BCUT2D eigenvalue weighted by Gasteiger charge is -2.43. The molecule has 2 aromatic carbocycles. The van der Waals surface area contributed by atoms with E-state index in [0.29, 0.717) is 66.1 Å². The van der Waals surface area contributed by atoms with Gasteiger partial charge in [0.1, 0.15) is 6.61 Å². The molecule has 0 bridgehead atoms. The monoisotopic (exact) mass is 548 g/mol. The Morgan fingerprint density at radius 3 is 1.34 bits per heavy atom. The second kappa shape index (κ2) is 18.2. The Hall–Kier alpha value is -2.11. The van der Waals surface area contributed by atoms with Crippen LogP contribution in [0.5, 0.6) is 0 Å². The average molecular weight is 549 g/mol. The lowest BCUT2D eigenvalue weighted by Crippen LogP contribution is -2.66. The first-order chi connectivity index (χ1) is 18.4. The predicted octanol–water partition coefficient (Wildman–Crippen LogP) is 2.82. The molecule has 0 N–H and O–H groups in total. The molecule has 0 aliphatic rings. The van der Waals surface area contributed by atoms with Crippen LogP contribution in [-0.2, 0) is 37.6 Å². The number of benzene rings is 2. The van der Waals surface area contributed by atoms with E-state index < -0.39 is 14.3 Å². The Morgan fingerprint density at radius 2 is 0.974 bits per heavy atom. The summed E-state index contributed by atoms with van der Waals surface area (Å²) < 4.78 is 38.6. The number of esters is 1. The minimum absolute atomic E-state index is 0.0534. The topological polar surface area (TPSA) is 81.7 Å². The molecule has 212 valence electrons. The van der Waals surface area contributed by atoms with Crippen LogP contribution in [0.1, 0.15) is 20.8 Å². The van der Waals surface area contributed by atoms with Gasteiger partial charge in [-0.2, -0.15) is 0 Å². The molecule has 0 aliphatic heterocycles. The molecule has 2 rings (SSSR count). The highest BCUT2D eigenvalue weighted by atomic mass is 28.4. The number of hydrogen-bond donors (Lipinski definition) is 0. The zero-order chi connectivity index (χ0) is 27.5. The summed E-state index contributed by atoms with van der Waals surface area (Å²) in [6.07, 6.45) is 0. The van der Waals surface area contributed by atoms with Crippen molar-refractivity contribution in [2.24, 2.45) is 0 Å². The fraction of sp³-hybridized carbons (Fsp3) is 0.552. The van der Waals surface area contributed by atoms with Crippen LogP contribution in [-0.4, -0.2) is 94.1 Å². The van der Waals surface area contributed by atoms with Crippen LogP contribution < -0.4 is 10.4 Å². The van der Waals surface area contributed by atoms with Gasteiger partial charge in [0, 0.05) is 0 Å². The van der Waals surface area contributed by atoms with Crippen LogP contribution in [0.25, 0.3) is 0 Å². The maximum absolute atomic E-state index is 10.9. The van der Waals surface area contributed by atoms with Gasteiger partial charge in [-0.25, -0.2) is 4.79 Å².